The molecule has 0 bridgehead atoms. The minimum Gasteiger partial charge on any atom is -0.493 e. The summed E-state index contributed by atoms with van der Waals surface area (Å²) >= 11 is 11.9. The van der Waals surface area contributed by atoms with Crippen molar-refractivity contribution < 1.29 is 14.3 Å². The molecule has 4 nitrogen and oxygen atoms in total. The molecule has 0 N–H and O–H groups in total. The summed E-state index contributed by atoms with van der Waals surface area (Å²) in [6, 6.07) is 12.5. The predicted molar refractivity (Wildman–Crippen MR) is 91.4 cm³/mol. The largest absolute Gasteiger partial charge is 0.493 e. The second-order valence-corrected chi connectivity index (χ2v) is 5.75. The second kappa shape index (κ2) is 8.09. The Labute approximate surface area is 145 Å². The van der Waals surface area contributed by atoms with Crippen molar-refractivity contribution in [2.24, 2.45) is 0 Å². The maximum atomic E-state index is 12.2. The first kappa shape index (κ1) is 17.4. The van der Waals surface area contributed by atoms with E-state index < -0.39 is 0 Å². The van der Waals surface area contributed by atoms with Crippen LogP contribution in [0.15, 0.2) is 42.5 Å². The van der Waals surface area contributed by atoms with Gasteiger partial charge in [-0.2, -0.15) is 0 Å². The van der Waals surface area contributed by atoms with Crippen LogP contribution in [0.1, 0.15) is 5.56 Å². The molecule has 0 saturated carbocycles. The third-order valence-electron chi connectivity index (χ3n) is 3.25. The first-order valence-electron chi connectivity index (χ1n) is 6.95. The first-order valence-corrected chi connectivity index (χ1v) is 7.70. The van der Waals surface area contributed by atoms with Crippen LogP contribution in [0.25, 0.3) is 0 Å². The molecule has 0 aliphatic heterocycles. The zero-order valence-corrected chi connectivity index (χ0v) is 14.4. The fraction of sp³-hybridized carbons (Fsp3) is 0.235. The van der Waals surface area contributed by atoms with Gasteiger partial charge in [-0.25, -0.2) is 0 Å². The highest BCUT2D eigenvalue weighted by atomic mass is 35.5. The van der Waals surface area contributed by atoms with Crippen LogP contribution in [0.3, 0.4) is 0 Å². The summed E-state index contributed by atoms with van der Waals surface area (Å²) in [4.78, 5) is 13.7. The summed E-state index contributed by atoms with van der Waals surface area (Å²) in [6.07, 6.45) is 0. The quantitative estimate of drug-likeness (QED) is 0.786. The van der Waals surface area contributed by atoms with Gasteiger partial charge in [0.2, 0.25) is 0 Å². The molecule has 0 fully saturated rings. The number of ether oxygens (including phenoxy) is 2. The summed E-state index contributed by atoms with van der Waals surface area (Å²) in [7, 11) is 3.26. The molecule has 0 aromatic heterocycles. The number of para-hydroxylation sites is 2. The number of hydrogen-bond acceptors (Lipinski definition) is 3. The Morgan fingerprint density at radius 1 is 1.09 bits per heavy atom. The van der Waals surface area contributed by atoms with Crippen LogP contribution in [0.2, 0.25) is 10.0 Å². The Morgan fingerprint density at radius 2 is 1.78 bits per heavy atom. The number of nitrogens with zero attached hydrogens (tertiary/aromatic N) is 1. The molecule has 1 amide bonds. The molecule has 0 radical (unpaired) electrons. The summed E-state index contributed by atoms with van der Waals surface area (Å²) in [5, 5.41) is 0.958. The third-order valence-corrected chi connectivity index (χ3v) is 3.99. The van der Waals surface area contributed by atoms with Gasteiger partial charge in [-0.3, -0.25) is 4.79 Å². The zero-order chi connectivity index (χ0) is 16.8. The van der Waals surface area contributed by atoms with Crippen molar-refractivity contribution in [3.05, 3.63) is 58.1 Å². The molecule has 2 rings (SSSR count). The average Bonchev–Trinajstić information content (AvgIpc) is 2.56. The highest BCUT2D eigenvalue weighted by molar-refractivity contribution is 6.42. The van der Waals surface area contributed by atoms with E-state index in [0.717, 1.165) is 5.56 Å². The van der Waals surface area contributed by atoms with Crippen molar-refractivity contribution in [2.75, 3.05) is 20.8 Å². The van der Waals surface area contributed by atoms with Gasteiger partial charge in [-0.05, 0) is 29.8 Å². The van der Waals surface area contributed by atoms with Crippen molar-refractivity contribution in [1.82, 2.24) is 4.90 Å². The molecule has 0 unspecified atom stereocenters. The molecule has 0 aliphatic rings. The van der Waals surface area contributed by atoms with Crippen LogP contribution in [0, 0.1) is 0 Å². The number of amides is 1. The lowest BCUT2D eigenvalue weighted by Gasteiger charge is -2.18. The van der Waals surface area contributed by atoms with Crippen molar-refractivity contribution in [2.45, 2.75) is 6.54 Å². The maximum Gasteiger partial charge on any atom is 0.260 e. The van der Waals surface area contributed by atoms with Gasteiger partial charge in [0.15, 0.2) is 18.1 Å². The molecule has 2 aromatic rings. The van der Waals surface area contributed by atoms with E-state index in [1.54, 1.807) is 43.3 Å². The Balaban J connectivity index is 1.93. The minimum absolute atomic E-state index is 0.0712. The SMILES string of the molecule is COc1ccccc1OCC(=O)N(C)Cc1ccc(Cl)c(Cl)c1. The number of benzene rings is 2. The molecule has 2 aromatic carbocycles. The van der Waals surface area contributed by atoms with E-state index in [2.05, 4.69) is 0 Å². The Morgan fingerprint density at radius 3 is 2.43 bits per heavy atom. The van der Waals surface area contributed by atoms with Gasteiger partial charge in [0, 0.05) is 13.6 Å². The topological polar surface area (TPSA) is 38.8 Å². The first-order chi connectivity index (χ1) is 11.0. The number of halogens is 2. The number of carbonyl (C=O) groups excluding carboxylic acids is 1. The van der Waals surface area contributed by atoms with E-state index in [1.807, 2.05) is 18.2 Å². The van der Waals surface area contributed by atoms with E-state index in [1.165, 1.54) is 0 Å². The van der Waals surface area contributed by atoms with Gasteiger partial charge in [0.05, 0.1) is 17.2 Å². The predicted octanol–water partition coefficient (Wildman–Crippen LogP) is 4.04. The number of hydrogen-bond donors (Lipinski definition) is 0. The lowest BCUT2D eigenvalue weighted by Crippen LogP contribution is -2.31. The van der Waals surface area contributed by atoms with Gasteiger partial charge < -0.3 is 14.4 Å². The van der Waals surface area contributed by atoms with E-state index in [4.69, 9.17) is 32.7 Å². The highest BCUT2D eigenvalue weighted by Gasteiger charge is 2.12. The van der Waals surface area contributed by atoms with E-state index >= 15 is 0 Å². The van der Waals surface area contributed by atoms with Gasteiger partial charge in [-0.15, -0.1) is 0 Å². The van der Waals surface area contributed by atoms with Crippen LogP contribution < -0.4 is 9.47 Å². The molecule has 0 heterocycles. The molecule has 0 saturated heterocycles. The molecule has 0 spiro atoms. The van der Waals surface area contributed by atoms with Crippen molar-refractivity contribution in [3.63, 3.8) is 0 Å². The average molecular weight is 354 g/mol. The molecule has 0 atom stereocenters. The number of rotatable bonds is 6. The summed E-state index contributed by atoms with van der Waals surface area (Å²) in [5.41, 5.74) is 0.896. The fourth-order valence-electron chi connectivity index (χ4n) is 1.99. The van der Waals surface area contributed by atoms with Crippen LogP contribution >= 0.6 is 23.2 Å². The standard InChI is InChI=1S/C17H17Cl2NO3/c1-20(10-12-7-8-13(18)14(19)9-12)17(21)11-23-16-6-4-3-5-15(16)22-2/h3-9H,10-11H2,1-2H3. The lowest BCUT2D eigenvalue weighted by molar-refractivity contribution is -0.132. The molecular weight excluding hydrogens is 337 g/mol. The summed E-state index contributed by atoms with van der Waals surface area (Å²) < 4.78 is 10.7. The molecule has 6 heteroatoms. The van der Waals surface area contributed by atoms with Crippen molar-refractivity contribution >= 4 is 29.1 Å². The van der Waals surface area contributed by atoms with Crippen LogP contribution in [-0.4, -0.2) is 31.6 Å². The lowest BCUT2D eigenvalue weighted by atomic mass is 10.2. The van der Waals surface area contributed by atoms with E-state index in [0.29, 0.717) is 28.1 Å². The van der Waals surface area contributed by atoms with Crippen molar-refractivity contribution in [1.29, 1.82) is 0 Å². The van der Waals surface area contributed by atoms with Crippen LogP contribution in [0.4, 0.5) is 0 Å². The van der Waals surface area contributed by atoms with Gasteiger partial charge in [0.25, 0.3) is 5.91 Å². The van der Waals surface area contributed by atoms with E-state index in [9.17, 15) is 4.79 Å². The highest BCUT2D eigenvalue weighted by Crippen LogP contribution is 2.26. The number of likely N-dealkylation sites (N-methyl/N-ethyl adjacent to an activating group) is 1. The fourth-order valence-corrected chi connectivity index (χ4v) is 2.31. The molecule has 122 valence electrons. The smallest absolute Gasteiger partial charge is 0.260 e. The van der Waals surface area contributed by atoms with Gasteiger partial charge in [-0.1, -0.05) is 41.4 Å². The summed E-state index contributed by atoms with van der Waals surface area (Å²) in [6.45, 7) is 0.350. The molecule has 23 heavy (non-hydrogen) atoms. The van der Waals surface area contributed by atoms with E-state index in [-0.39, 0.29) is 12.5 Å². The zero-order valence-electron chi connectivity index (χ0n) is 12.9. The Hall–Kier alpha value is -1.91. The number of carbonyl (C=O) groups is 1. The number of methoxy groups -OCH3 is 1. The third kappa shape index (κ3) is 4.78. The second-order valence-electron chi connectivity index (χ2n) is 4.94. The molecular formula is C17H17Cl2NO3. The Kier molecular flexibility index (Phi) is 6.13. The minimum atomic E-state index is -0.151. The normalized spacial score (nSPS) is 10.3. The molecule has 0 aliphatic carbocycles. The van der Waals surface area contributed by atoms with Gasteiger partial charge in [0.1, 0.15) is 0 Å². The maximum absolute atomic E-state index is 12.2. The summed E-state index contributed by atoms with van der Waals surface area (Å²) in [5.74, 6) is 0.973. The monoisotopic (exact) mass is 353 g/mol. The van der Waals surface area contributed by atoms with Gasteiger partial charge >= 0.3 is 0 Å². The Bertz CT molecular complexity index is 691. The van der Waals surface area contributed by atoms with Crippen LogP contribution in [0.5, 0.6) is 11.5 Å². The van der Waals surface area contributed by atoms with Crippen LogP contribution in [-0.2, 0) is 11.3 Å². The van der Waals surface area contributed by atoms with Crippen molar-refractivity contribution in [3.8, 4) is 11.5 Å².